The van der Waals surface area contributed by atoms with Crippen molar-refractivity contribution in [3.8, 4) is 11.5 Å². The lowest BCUT2D eigenvalue weighted by Gasteiger charge is -2.51. The highest BCUT2D eigenvalue weighted by molar-refractivity contribution is 8.00. The maximum absolute atomic E-state index is 13.5. The molecule has 1 aromatic carbocycles. The van der Waals surface area contributed by atoms with Crippen LogP contribution in [-0.4, -0.2) is 132 Å². The predicted molar refractivity (Wildman–Crippen MR) is 184 cm³/mol. The molecule has 0 aliphatic carbocycles. The molecule has 0 unspecified atom stereocenters. The molecule has 2 aromatic rings. The molecular weight excluding hydrogens is 730 g/mol. The molecule has 2 fully saturated rings. The van der Waals surface area contributed by atoms with Crippen molar-refractivity contribution in [2.75, 3.05) is 51.3 Å². The number of thioether (sulfide) groups is 1. The number of likely N-dealkylation sites (tertiary alicyclic amines) is 1. The van der Waals surface area contributed by atoms with Gasteiger partial charge in [0, 0.05) is 36.6 Å². The Kier molecular flexibility index (Phi) is 10.8. The number of nitrogens with one attached hydrogen (secondary N) is 1. The summed E-state index contributed by atoms with van der Waals surface area (Å²) in [5.74, 6) is -5.77. The van der Waals surface area contributed by atoms with Crippen molar-refractivity contribution in [1.82, 2.24) is 20.1 Å². The van der Waals surface area contributed by atoms with Gasteiger partial charge in [0.1, 0.15) is 23.7 Å². The Bertz CT molecular complexity index is 1840. The van der Waals surface area contributed by atoms with E-state index in [9.17, 15) is 44.4 Å². The number of phenolic OH excluding ortho intramolecular Hbond substituents is 2. The van der Waals surface area contributed by atoms with Crippen LogP contribution < -0.4 is 16.2 Å². The van der Waals surface area contributed by atoms with E-state index >= 15 is 0 Å². The van der Waals surface area contributed by atoms with Crippen LogP contribution in [-0.2, 0) is 24.0 Å². The zero-order chi connectivity index (χ0) is 37.4. The summed E-state index contributed by atoms with van der Waals surface area (Å²) in [6, 6.07) is 1.35. The average Bonchev–Trinajstić information content (AvgIpc) is 3.73. The van der Waals surface area contributed by atoms with E-state index in [1.54, 1.807) is 7.05 Å². The lowest BCUT2D eigenvalue weighted by Crippen LogP contribution is -2.72. The minimum atomic E-state index is -1.80. The van der Waals surface area contributed by atoms with Gasteiger partial charge in [0.25, 0.3) is 17.7 Å². The van der Waals surface area contributed by atoms with Gasteiger partial charge in [-0.25, -0.2) is 9.78 Å². The van der Waals surface area contributed by atoms with E-state index in [2.05, 4.69) is 15.5 Å². The standard InChI is InChI=1S/C31H36ClN7O10S2/c1-31(2,29(47)48)49-36-20(17-14-51-30(33)34-17)24(42)35-21-26(44)38-22(28(45)46)15(13-50-27(21)38)12-39(9-4-5-10-39)11-8-37(3)25(43)16-6-7-18(40)23(41)19(16)32/h6-7,14,21,27H,4-5,8-13H2,1-3H3,(H6-,33,34,35,36,40,41,42,43,45,46,47,48)/t21-,27-/m1/s1. The van der Waals surface area contributed by atoms with Gasteiger partial charge in [-0.2, -0.15) is 0 Å². The van der Waals surface area contributed by atoms with Crippen molar-refractivity contribution in [1.29, 1.82) is 0 Å². The van der Waals surface area contributed by atoms with Crippen molar-refractivity contribution in [2.24, 2.45) is 5.16 Å². The summed E-state index contributed by atoms with van der Waals surface area (Å²) in [5.41, 5.74) is 3.73. The Morgan fingerprint density at radius 2 is 1.94 bits per heavy atom. The molecule has 0 saturated carbocycles. The highest BCUT2D eigenvalue weighted by atomic mass is 35.5. The molecule has 2 saturated heterocycles. The van der Waals surface area contributed by atoms with Crippen molar-refractivity contribution < 1.29 is 53.7 Å². The second-order valence-corrected chi connectivity index (χ2v) is 15.3. The first-order chi connectivity index (χ1) is 24.0. The quantitative estimate of drug-likeness (QED) is 0.0600. The third-order valence-electron chi connectivity index (χ3n) is 9.01. The number of aromatic hydroxyl groups is 2. The number of phenols is 2. The molecule has 17 nitrogen and oxygen atoms in total. The topological polar surface area (TPSA) is 248 Å². The number of nitrogen functional groups attached to an aromatic ring is 1. The van der Waals surface area contributed by atoms with Gasteiger partial charge in [-0.3, -0.25) is 19.3 Å². The molecule has 6 N–H and O–H groups in total. The zero-order valence-corrected chi connectivity index (χ0v) is 30.1. The normalized spacial score (nSPS) is 20.0. The van der Waals surface area contributed by atoms with Gasteiger partial charge in [0.2, 0.25) is 5.60 Å². The van der Waals surface area contributed by atoms with Crippen LogP contribution in [0.4, 0.5) is 5.13 Å². The van der Waals surface area contributed by atoms with Gasteiger partial charge in [-0.15, -0.1) is 23.1 Å². The number of nitrogens with two attached hydrogens (primary N) is 1. The number of anilines is 1. The van der Waals surface area contributed by atoms with Gasteiger partial charge in [-0.05, 0) is 26.0 Å². The van der Waals surface area contributed by atoms with Crippen LogP contribution in [0, 0.1) is 0 Å². The number of halogens is 1. The summed E-state index contributed by atoms with van der Waals surface area (Å²) in [6.07, 6.45) is 1.75. The molecule has 51 heavy (non-hydrogen) atoms. The first-order valence-electron chi connectivity index (χ1n) is 15.7. The molecule has 4 heterocycles. The fourth-order valence-electron chi connectivity index (χ4n) is 6.06. The number of rotatable bonds is 13. The number of hydrogen-bond acceptors (Lipinski definition) is 14. The number of aromatic nitrogens is 1. The van der Waals surface area contributed by atoms with Gasteiger partial charge < -0.3 is 50.5 Å². The van der Waals surface area contributed by atoms with E-state index in [0.29, 0.717) is 29.7 Å². The van der Waals surface area contributed by atoms with Crippen molar-refractivity contribution in [3.05, 3.63) is 45.1 Å². The van der Waals surface area contributed by atoms with Crippen LogP contribution in [0.2, 0.25) is 5.02 Å². The maximum Gasteiger partial charge on any atom is 0.350 e. The number of nitrogens with zero attached hydrogens (tertiary/aromatic N) is 5. The number of thiazole rings is 1. The van der Waals surface area contributed by atoms with Gasteiger partial charge in [-0.1, -0.05) is 16.8 Å². The van der Waals surface area contributed by atoms with E-state index in [0.717, 1.165) is 29.1 Å². The summed E-state index contributed by atoms with van der Waals surface area (Å²) in [5, 5.41) is 48.4. The number of hydrogen-bond donors (Lipinski definition) is 5. The zero-order valence-electron chi connectivity index (χ0n) is 27.8. The Labute approximate surface area is 304 Å². The van der Waals surface area contributed by atoms with E-state index in [4.69, 9.17) is 22.2 Å². The highest BCUT2D eigenvalue weighted by Gasteiger charge is 2.54. The summed E-state index contributed by atoms with van der Waals surface area (Å²) in [6.45, 7) is 4.87. The summed E-state index contributed by atoms with van der Waals surface area (Å²) in [7, 11) is 1.58. The molecular formula is C31H36ClN7O10S2. The lowest BCUT2D eigenvalue weighted by molar-refractivity contribution is -0.911. The van der Waals surface area contributed by atoms with Gasteiger partial charge >= 0.3 is 5.97 Å². The molecule has 0 spiro atoms. The smallest absolute Gasteiger partial charge is 0.350 e. The number of benzene rings is 1. The minimum Gasteiger partial charge on any atom is -0.543 e. The van der Waals surface area contributed by atoms with Crippen molar-refractivity contribution in [2.45, 2.75) is 43.7 Å². The summed E-state index contributed by atoms with van der Waals surface area (Å²) < 4.78 is 0.453. The second-order valence-electron chi connectivity index (χ2n) is 12.9. The van der Waals surface area contributed by atoms with Crippen LogP contribution in [0.1, 0.15) is 42.7 Å². The van der Waals surface area contributed by atoms with E-state index in [-0.39, 0.29) is 46.0 Å². The average molecular weight is 766 g/mol. The largest absolute Gasteiger partial charge is 0.543 e. The first kappa shape index (κ1) is 37.7. The number of oxime groups is 1. The van der Waals surface area contributed by atoms with E-state index in [1.165, 1.54) is 48.0 Å². The van der Waals surface area contributed by atoms with Gasteiger partial charge in [0.15, 0.2) is 22.3 Å². The third kappa shape index (κ3) is 7.56. The number of carbonyl (C=O) groups excluding carboxylic acids is 4. The third-order valence-corrected chi connectivity index (χ3v) is 11.4. The number of β-lactam (4-membered cyclic amide) rings is 1. The van der Waals surface area contributed by atoms with Gasteiger partial charge in [0.05, 0.1) is 48.4 Å². The molecule has 3 aliphatic rings. The number of carboxylic acid groups (broad SMARTS) is 2. The number of amides is 3. The Morgan fingerprint density at radius 1 is 1.25 bits per heavy atom. The number of aliphatic carboxylic acids is 2. The molecule has 1 aromatic heterocycles. The molecule has 3 aliphatic heterocycles. The lowest BCUT2D eigenvalue weighted by atomic mass is 10.0. The van der Waals surface area contributed by atoms with Crippen LogP contribution in [0.3, 0.4) is 0 Å². The van der Waals surface area contributed by atoms with Crippen LogP contribution in [0.5, 0.6) is 11.5 Å². The van der Waals surface area contributed by atoms with Crippen molar-refractivity contribution >= 4 is 75.2 Å². The highest BCUT2D eigenvalue weighted by Crippen LogP contribution is 2.41. The molecule has 0 radical (unpaired) electrons. The van der Waals surface area contributed by atoms with E-state index in [1.807, 2.05) is 0 Å². The molecule has 5 rings (SSSR count). The molecule has 2 atom stereocenters. The fraction of sp³-hybridized carbons (Fsp3) is 0.452. The monoisotopic (exact) mass is 765 g/mol. The molecule has 3 amide bonds. The Morgan fingerprint density at radius 3 is 2.55 bits per heavy atom. The van der Waals surface area contributed by atoms with Crippen LogP contribution >= 0.6 is 34.7 Å². The fourth-order valence-corrected chi connectivity index (χ4v) is 8.19. The Hall–Kier alpha value is -4.59. The minimum absolute atomic E-state index is 0.00925. The van der Waals surface area contributed by atoms with Crippen molar-refractivity contribution in [3.63, 3.8) is 0 Å². The van der Waals surface area contributed by atoms with Crippen LogP contribution in [0.25, 0.3) is 0 Å². The number of likely N-dealkylation sites (N-methyl/N-ethyl adjacent to an activating group) is 1. The molecule has 274 valence electrons. The molecule has 20 heteroatoms. The van der Waals surface area contributed by atoms with E-state index < -0.39 is 63.9 Å². The number of carbonyl (C=O) groups is 5. The second kappa shape index (κ2) is 14.6. The first-order valence-corrected chi connectivity index (χ1v) is 18.0. The number of fused-ring (bicyclic) bond motifs is 1. The SMILES string of the molecule is CN(CC[N+]1(CC2=C(C(=O)[O-])N3C(=O)[C@@H](NC(=O)/C(=N\OC(C)(C)C(=O)O)c4csc(N)n4)[C@H]3SC2)CCCC1)C(=O)c1ccc(O)c(O)c1Cl. The van der Waals surface area contributed by atoms with Crippen LogP contribution in [0.15, 0.2) is 33.9 Å². The summed E-state index contributed by atoms with van der Waals surface area (Å²) in [4.78, 5) is 75.8. The predicted octanol–water partition coefficient (Wildman–Crippen LogP) is 0.161. The summed E-state index contributed by atoms with van der Waals surface area (Å²) >= 11 is 8.38. The maximum atomic E-state index is 13.5. The Balaban J connectivity index is 1.31. The molecule has 0 bridgehead atoms. The number of quaternary nitrogens is 1. The number of carboxylic acids is 2.